The van der Waals surface area contributed by atoms with Crippen molar-refractivity contribution in [3.05, 3.63) is 53.5 Å². The Balaban J connectivity index is 1.53. The summed E-state index contributed by atoms with van der Waals surface area (Å²) >= 11 is 0. The lowest BCUT2D eigenvalue weighted by Gasteiger charge is -2.35. The number of halogens is 7. The summed E-state index contributed by atoms with van der Waals surface area (Å²) in [4.78, 5) is 15.0. The molecule has 1 N–H and O–H groups in total. The molecule has 0 bridgehead atoms. The Morgan fingerprint density at radius 2 is 1.76 bits per heavy atom. The maximum absolute atomic E-state index is 13.6. The molecule has 2 aromatic rings. The van der Waals surface area contributed by atoms with Gasteiger partial charge in [-0.2, -0.15) is 26.3 Å². The van der Waals surface area contributed by atoms with E-state index in [1.165, 1.54) is 6.07 Å². The summed E-state index contributed by atoms with van der Waals surface area (Å²) in [6, 6.07) is 3.42. The lowest BCUT2D eigenvalue weighted by atomic mass is 9.85. The quantitative estimate of drug-likeness (QED) is 0.561. The normalized spacial score (nSPS) is 18.8. The highest BCUT2D eigenvalue weighted by molar-refractivity contribution is 7.92. The standard InChI is InChI=1S/C20H17F7N2O4S/c21-14-5-13(20(25,26)27)6-16(7-14)34(31,32)15-3-11(4-15)8-29-18(30)12-1-2-17(28-9-12)33-10-19(22,23)24/h1-2,5-7,9,11,15H,3-4,8,10H2,(H,29,30). The van der Waals surface area contributed by atoms with Gasteiger partial charge in [0, 0.05) is 18.8 Å². The second-order valence-corrected chi connectivity index (χ2v) is 9.90. The molecule has 0 aliphatic heterocycles. The Bertz CT molecular complexity index is 1140. The van der Waals surface area contributed by atoms with E-state index in [1.54, 1.807) is 0 Å². The minimum atomic E-state index is -4.91. The fraction of sp³-hybridized carbons (Fsp3) is 0.400. The summed E-state index contributed by atoms with van der Waals surface area (Å²) in [5.41, 5.74) is -1.38. The van der Waals surface area contributed by atoms with E-state index in [2.05, 4.69) is 15.0 Å². The van der Waals surface area contributed by atoms with Gasteiger partial charge in [0.15, 0.2) is 16.4 Å². The average molecular weight is 514 g/mol. The highest BCUT2D eigenvalue weighted by Crippen LogP contribution is 2.38. The molecule has 1 aliphatic rings. The van der Waals surface area contributed by atoms with Gasteiger partial charge in [0.05, 0.1) is 21.3 Å². The van der Waals surface area contributed by atoms with Gasteiger partial charge in [0.25, 0.3) is 5.91 Å². The lowest BCUT2D eigenvalue weighted by Crippen LogP contribution is -2.42. The van der Waals surface area contributed by atoms with Crippen molar-refractivity contribution >= 4 is 15.7 Å². The van der Waals surface area contributed by atoms with Crippen molar-refractivity contribution < 1.29 is 48.7 Å². The highest BCUT2D eigenvalue weighted by atomic mass is 32.2. The van der Waals surface area contributed by atoms with Gasteiger partial charge < -0.3 is 10.1 Å². The molecule has 0 atom stereocenters. The van der Waals surface area contributed by atoms with Crippen LogP contribution in [0.15, 0.2) is 41.4 Å². The zero-order valence-corrected chi connectivity index (χ0v) is 17.9. The Kier molecular flexibility index (Phi) is 7.10. The molecular weight excluding hydrogens is 497 g/mol. The molecule has 3 rings (SSSR count). The van der Waals surface area contributed by atoms with Gasteiger partial charge in [0.1, 0.15) is 5.82 Å². The molecular formula is C20H17F7N2O4S. The van der Waals surface area contributed by atoms with E-state index >= 15 is 0 Å². The highest BCUT2D eigenvalue weighted by Gasteiger charge is 2.41. The predicted octanol–water partition coefficient (Wildman–Crippen LogP) is 4.16. The van der Waals surface area contributed by atoms with Crippen molar-refractivity contribution in [1.29, 1.82) is 0 Å². The third-order valence-electron chi connectivity index (χ3n) is 5.09. The third-order valence-corrected chi connectivity index (χ3v) is 7.25. The summed E-state index contributed by atoms with van der Waals surface area (Å²) in [5.74, 6) is -2.55. The number of nitrogens with zero attached hydrogens (tertiary/aromatic N) is 1. The number of amides is 1. The van der Waals surface area contributed by atoms with Crippen LogP contribution in [0.1, 0.15) is 28.8 Å². The number of carbonyl (C=O) groups excluding carboxylic acids is 1. The molecule has 0 spiro atoms. The zero-order valence-electron chi connectivity index (χ0n) is 17.1. The van der Waals surface area contributed by atoms with Crippen molar-refractivity contribution in [3.63, 3.8) is 0 Å². The maximum atomic E-state index is 13.6. The molecule has 1 aromatic carbocycles. The van der Waals surface area contributed by atoms with Gasteiger partial charge in [-0.25, -0.2) is 17.8 Å². The third kappa shape index (κ3) is 6.36. The van der Waals surface area contributed by atoms with Crippen LogP contribution in [0.5, 0.6) is 5.88 Å². The molecule has 186 valence electrons. The van der Waals surface area contributed by atoms with E-state index < -0.39 is 56.2 Å². The van der Waals surface area contributed by atoms with Crippen molar-refractivity contribution in [2.45, 2.75) is 35.3 Å². The first-order valence-electron chi connectivity index (χ1n) is 9.70. The first kappa shape index (κ1) is 25.7. The van der Waals surface area contributed by atoms with Crippen LogP contribution in [-0.4, -0.2) is 43.9 Å². The smallest absolute Gasteiger partial charge is 0.422 e. The SMILES string of the molecule is O=C(NCC1CC(S(=O)(=O)c2cc(F)cc(C(F)(F)F)c2)C1)c1ccc(OCC(F)(F)F)nc1. The molecule has 1 saturated carbocycles. The van der Waals surface area contributed by atoms with Gasteiger partial charge in [-0.1, -0.05) is 0 Å². The fourth-order valence-corrected chi connectivity index (χ4v) is 5.28. The first-order chi connectivity index (χ1) is 15.6. The number of pyridine rings is 1. The van der Waals surface area contributed by atoms with E-state index in [0.717, 1.165) is 12.3 Å². The Morgan fingerprint density at radius 3 is 2.32 bits per heavy atom. The van der Waals surface area contributed by atoms with E-state index in [1.807, 2.05) is 0 Å². The Labute approximate surface area is 189 Å². The summed E-state index contributed by atoms with van der Waals surface area (Å²) in [7, 11) is -4.21. The Hall–Kier alpha value is -2.90. The number of rotatable bonds is 7. The van der Waals surface area contributed by atoms with Gasteiger partial charge >= 0.3 is 12.4 Å². The summed E-state index contributed by atoms with van der Waals surface area (Å²) in [6.45, 7) is -1.49. The van der Waals surface area contributed by atoms with Gasteiger partial charge in [-0.05, 0) is 43.0 Å². The van der Waals surface area contributed by atoms with Crippen molar-refractivity contribution in [2.75, 3.05) is 13.2 Å². The molecule has 1 amide bonds. The molecule has 14 heteroatoms. The van der Waals surface area contributed by atoms with E-state index in [4.69, 9.17) is 0 Å². The average Bonchev–Trinajstić information content (AvgIpc) is 2.69. The monoisotopic (exact) mass is 514 g/mol. The molecule has 1 heterocycles. The fourth-order valence-electron chi connectivity index (χ4n) is 3.27. The van der Waals surface area contributed by atoms with Gasteiger partial charge in [-0.15, -0.1) is 0 Å². The number of aromatic nitrogens is 1. The minimum absolute atomic E-state index is 0.0299. The van der Waals surface area contributed by atoms with E-state index in [0.29, 0.717) is 12.1 Å². The number of carbonyl (C=O) groups is 1. The van der Waals surface area contributed by atoms with Crippen LogP contribution in [0.3, 0.4) is 0 Å². The largest absolute Gasteiger partial charge is 0.468 e. The van der Waals surface area contributed by atoms with Crippen LogP contribution in [-0.2, 0) is 16.0 Å². The van der Waals surface area contributed by atoms with Crippen molar-refractivity contribution in [3.8, 4) is 5.88 Å². The molecule has 34 heavy (non-hydrogen) atoms. The molecule has 0 saturated heterocycles. The number of hydrogen-bond donors (Lipinski definition) is 1. The van der Waals surface area contributed by atoms with Crippen LogP contribution in [0.4, 0.5) is 30.7 Å². The minimum Gasteiger partial charge on any atom is -0.468 e. The number of ether oxygens (including phenoxy) is 1. The van der Waals surface area contributed by atoms with Crippen LogP contribution < -0.4 is 10.1 Å². The molecule has 0 unspecified atom stereocenters. The number of nitrogens with one attached hydrogen (secondary N) is 1. The summed E-state index contributed by atoms with van der Waals surface area (Å²) < 4.78 is 118. The lowest BCUT2D eigenvalue weighted by molar-refractivity contribution is -0.154. The molecule has 6 nitrogen and oxygen atoms in total. The van der Waals surface area contributed by atoms with Gasteiger partial charge in [-0.3, -0.25) is 4.79 Å². The van der Waals surface area contributed by atoms with Crippen LogP contribution >= 0.6 is 0 Å². The number of alkyl halides is 6. The zero-order chi connectivity index (χ0) is 25.3. The van der Waals surface area contributed by atoms with E-state index in [-0.39, 0.29) is 42.8 Å². The predicted molar refractivity (Wildman–Crippen MR) is 103 cm³/mol. The maximum Gasteiger partial charge on any atom is 0.422 e. The second kappa shape index (κ2) is 9.39. The van der Waals surface area contributed by atoms with Crippen LogP contribution in [0, 0.1) is 11.7 Å². The van der Waals surface area contributed by atoms with Crippen LogP contribution in [0.2, 0.25) is 0 Å². The Morgan fingerprint density at radius 1 is 1.09 bits per heavy atom. The van der Waals surface area contributed by atoms with Crippen molar-refractivity contribution in [1.82, 2.24) is 10.3 Å². The topological polar surface area (TPSA) is 85.4 Å². The van der Waals surface area contributed by atoms with Crippen LogP contribution in [0.25, 0.3) is 0 Å². The van der Waals surface area contributed by atoms with E-state index in [9.17, 15) is 43.9 Å². The number of sulfone groups is 1. The molecule has 1 fully saturated rings. The molecule has 1 aliphatic carbocycles. The molecule has 1 aromatic heterocycles. The number of benzene rings is 1. The number of hydrogen-bond acceptors (Lipinski definition) is 5. The first-order valence-corrected chi connectivity index (χ1v) is 11.3. The van der Waals surface area contributed by atoms with Crippen molar-refractivity contribution in [2.24, 2.45) is 5.92 Å². The second-order valence-electron chi connectivity index (χ2n) is 7.68. The summed E-state index contributed by atoms with van der Waals surface area (Å²) in [6.07, 6.45) is -8.35. The molecule has 0 radical (unpaired) electrons. The van der Waals surface area contributed by atoms with Gasteiger partial charge in [0.2, 0.25) is 5.88 Å². The summed E-state index contributed by atoms with van der Waals surface area (Å²) in [5, 5.41) is 1.50.